The Bertz CT molecular complexity index is 960. The predicted molar refractivity (Wildman–Crippen MR) is 127 cm³/mol. The lowest BCUT2D eigenvalue weighted by atomic mass is 9.67. The van der Waals surface area contributed by atoms with Gasteiger partial charge in [-0.1, -0.05) is 69.6 Å². The molecule has 0 radical (unpaired) electrons. The minimum Gasteiger partial charge on any atom is -0.0952 e. The first kappa shape index (κ1) is 21.0. The van der Waals surface area contributed by atoms with Gasteiger partial charge < -0.3 is 0 Å². The van der Waals surface area contributed by atoms with Crippen molar-refractivity contribution in [1.29, 1.82) is 0 Å². The molecule has 0 saturated heterocycles. The van der Waals surface area contributed by atoms with Gasteiger partial charge in [-0.2, -0.15) is 0 Å². The van der Waals surface area contributed by atoms with Crippen LogP contribution in [0.5, 0.6) is 0 Å². The molecule has 1 fully saturated rings. The highest BCUT2D eigenvalue weighted by Crippen LogP contribution is 2.59. The van der Waals surface area contributed by atoms with Gasteiger partial charge in [0.2, 0.25) is 0 Å². The van der Waals surface area contributed by atoms with E-state index in [1.165, 1.54) is 54.4 Å². The lowest BCUT2D eigenvalue weighted by Crippen LogP contribution is -2.29. The number of hydrogen-bond acceptors (Lipinski definition) is 0. The van der Waals surface area contributed by atoms with E-state index in [1.54, 1.807) is 5.56 Å². The summed E-state index contributed by atoms with van der Waals surface area (Å²) < 4.78 is 0. The van der Waals surface area contributed by atoms with Crippen LogP contribution < -0.4 is 0 Å². The molecule has 0 aliphatic heterocycles. The van der Waals surface area contributed by atoms with E-state index < -0.39 is 0 Å². The van der Waals surface area contributed by atoms with Gasteiger partial charge in [-0.05, 0) is 107 Å². The molecule has 154 valence electrons. The maximum absolute atomic E-state index is 6.12. The van der Waals surface area contributed by atoms with Crippen molar-refractivity contribution in [1.82, 2.24) is 0 Å². The monoisotopic (exact) mass is 426 g/mol. The third kappa shape index (κ3) is 3.91. The summed E-state index contributed by atoms with van der Waals surface area (Å²) in [6, 6.07) is 12.7. The molecule has 3 aliphatic carbocycles. The Hall–Kier alpha value is -1.24. The standard InChI is InChI=1S/C14H17Cl.C13H15Cl/c1-13(2)5-6-14(7-8-14)11-4-3-10(15)9-12(11)13;1-9-6-7-13(2,3)12-8-10(14)4-5-11(9)12/h3-4,9H,5-8H2,1-2H3;4-5,8H,1,6-7H2,2-3H3. The molecule has 0 unspecified atom stereocenters. The van der Waals surface area contributed by atoms with Crippen LogP contribution in [-0.4, -0.2) is 0 Å². The number of benzene rings is 2. The van der Waals surface area contributed by atoms with E-state index >= 15 is 0 Å². The zero-order valence-corrected chi connectivity index (χ0v) is 19.7. The topological polar surface area (TPSA) is 0 Å². The van der Waals surface area contributed by atoms with E-state index in [0.717, 1.165) is 16.5 Å². The molecule has 29 heavy (non-hydrogen) atoms. The first-order valence-corrected chi connectivity index (χ1v) is 11.6. The highest BCUT2D eigenvalue weighted by atomic mass is 35.5. The van der Waals surface area contributed by atoms with Gasteiger partial charge in [0.25, 0.3) is 0 Å². The quantitative estimate of drug-likeness (QED) is 0.394. The van der Waals surface area contributed by atoms with Gasteiger partial charge in [0.15, 0.2) is 0 Å². The molecule has 3 aliphatic rings. The molecule has 0 nitrogen and oxygen atoms in total. The zero-order valence-electron chi connectivity index (χ0n) is 18.2. The number of hydrogen-bond donors (Lipinski definition) is 0. The summed E-state index contributed by atoms with van der Waals surface area (Å²) in [5.74, 6) is 0. The van der Waals surface area contributed by atoms with Crippen molar-refractivity contribution in [3.63, 3.8) is 0 Å². The Kier molecular flexibility index (Phi) is 5.20. The molecule has 0 bridgehead atoms. The third-order valence-electron chi connectivity index (χ3n) is 7.51. The van der Waals surface area contributed by atoms with E-state index in [1.807, 2.05) is 6.07 Å². The molecule has 0 N–H and O–H groups in total. The lowest BCUT2D eigenvalue weighted by Gasteiger charge is -2.37. The average molecular weight is 427 g/mol. The van der Waals surface area contributed by atoms with Crippen LogP contribution in [0, 0.1) is 0 Å². The molecule has 5 rings (SSSR count). The van der Waals surface area contributed by atoms with E-state index in [2.05, 4.69) is 64.6 Å². The summed E-state index contributed by atoms with van der Waals surface area (Å²) in [6.07, 6.45) is 7.71. The van der Waals surface area contributed by atoms with Gasteiger partial charge in [0.1, 0.15) is 0 Å². The van der Waals surface area contributed by atoms with Crippen molar-refractivity contribution in [2.24, 2.45) is 0 Å². The zero-order chi connectivity index (χ0) is 21.0. The average Bonchev–Trinajstić information content (AvgIpc) is 3.44. The second kappa shape index (κ2) is 7.17. The Labute approximate surface area is 186 Å². The Morgan fingerprint density at radius 2 is 1.24 bits per heavy atom. The molecule has 1 spiro atoms. The van der Waals surface area contributed by atoms with Crippen molar-refractivity contribution in [2.75, 3.05) is 0 Å². The molecule has 0 aromatic heterocycles. The van der Waals surface area contributed by atoms with Crippen LogP contribution in [-0.2, 0) is 16.2 Å². The van der Waals surface area contributed by atoms with Crippen LogP contribution in [0.15, 0.2) is 43.0 Å². The number of halogens is 2. The van der Waals surface area contributed by atoms with Gasteiger partial charge in [0, 0.05) is 10.0 Å². The Morgan fingerprint density at radius 1 is 0.690 bits per heavy atom. The van der Waals surface area contributed by atoms with Crippen molar-refractivity contribution < 1.29 is 0 Å². The van der Waals surface area contributed by atoms with Gasteiger partial charge >= 0.3 is 0 Å². The lowest BCUT2D eigenvalue weighted by molar-refractivity contribution is 0.382. The fraction of sp³-hybridized carbons (Fsp3) is 0.481. The Morgan fingerprint density at radius 3 is 1.90 bits per heavy atom. The van der Waals surface area contributed by atoms with Crippen molar-refractivity contribution in [2.45, 2.75) is 82.5 Å². The predicted octanol–water partition coefficient (Wildman–Crippen LogP) is 8.87. The largest absolute Gasteiger partial charge is 0.0952 e. The molecule has 2 aromatic carbocycles. The second-order valence-electron chi connectivity index (χ2n) is 10.5. The van der Waals surface area contributed by atoms with E-state index in [-0.39, 0.29) is 5.41 Å². The van der Waals surface area contributed by atoms with Crippen molar-refractivity contribution in [3.8, 4) is 0 Å². The van der Waals surface area contributed by atoms with Crippen LogP contribution >= 0.6 is 23.2 Å². The molecule has 2 heteroatoms. The van der Waals surface area contributed by atoms with Crippen molar-refractivity contribution in [3.05, 3.63) is 75.3 Å². The molecule has 0 amide bonds. The Balaban J connectivity index is 0.000000142. The molecular formula is C27H32Cl2. The third-order valence-corrected chi connectivity index (χ3v) is 7.98. The molecule has 0 atom stereocenters. The summed E-state index contributed by atoms with van der Waals surface area (Å²) in [7, 11) is 0. The fourth-order valence-corrected chi connectivity index (χ4v) is 5.49. The summed E-state index contributed by atoms with van der Waals surface area (Å²) >= 11 is 12.1. The molecule has 1 saturated carbocycles. The minimum atomic E-state index is 0.238. The van der Waals surface area contributed by atoms with Gasteiger partial charge in [-0.25, -0.2) is 0 Å². The summed E-state index contributed by atoms with van der Waals surface area (Å²) in [6.45, 7) is 13.3. The summed E-state index contributed by atoms with van der Waals surface area (Å²) in [4.78, 5) is 0. The minimum absolute atomic E-state index is 0.238. The maximum atomic E-state index is 6.12. The van der Waals surface area contributed by atoms with Crippen LogP contribution in [0.25, 0.3) is 5.57 Å². The SMILES string of the molecule is C=C1CCC(C)(C)c2cc(Cl)ccc21.CC1(C)CCC2(CC2)c2ccc(Cl)cc21. The van der Waals surface area contributed by atoms with E-state index in [0.29, 0.717) is 10.8 Å². The fourth-order valence-electron chi connectivity index (χ4n) is 5.15. The molecular weight excluding hydrogens is 395 g/mol. The van der Waals surface area contributed by atoms with Crippen LogP contribution in [0.4, 0.5) is 0 Å². The van der Waals surface area contributed by atoms with Crippen LogP contribution in [0.1, 0.15) is 88.5 Å². The number of rotatable bonds is 0. The maximum Gasteiger partial charge on any atom is 0.0409 e. The van der Waals surface area contributed by atoms with Gasteiger partial charge in [0.05, 0.1) is 0 Å². The van der Waals surface area contributed by atoms with E-state index in [9.17, 15) is 0 Å². The first-order valence-electron chi connectivity index (χ1n) is 10.8. The first-order chi connectivity index (χ1) is 13.5. The van der Waals surface area contributed by atoms with Gasteiger partial charge in [-0.3, -0.25) is 0 Å². The summed E-state index contributed by atoms with van der Waals surface area (Å²) in [5, 5.41) is 1.71. The van der Waals surface area contributed by atoms with Crippen molar-refractivity contribution >= 4 is 28.8 Å². The van der Waals surface area contributed by atoms with Crippen LogP contribution in [0.2, 0.25) is 10.0 Å². The summed E-state index contributed by atoms with van der Waals surface area (Å²) in [5.41, 5.74) is 8.08. The second-order valence-corrected chi connectivity index (χ2v) is 11.4. The van der Waals surface area contributed by atoms with Crippen LogP contribution in [0.3, 0.4) is 0 Å². The number of fused-ring (bicyclic) bond motifs is 3. The normalized spacial score (nSPS) is 22.2. The van der Waals surface area contributed by atoms with E-state index in [4.69, 9.17) is 23.2 Å². The van der Waals surface area contributed by atoms with Gasteiger partial charge in [-0.15, -0.1) is 0 Å². The highest BCUT2D eigenvalue weighted by Gasteiger charge is 2.50. The number of allylic oxidation sites excluding steroid dienone is 1. The molecule has 0 heterocycles. The molecule has 2 aromatic rings. The highest BCUT2D eigenvalue weighted by molar-refractivity contribution is 6.31. The smallest absolute Gasteiger partial charge is 0.0409 e.